The van der Waals surface area contributed by atoms with Gasteiger partial charge in [-0.3, -0.25) is 0 Å². The summed E-state index contributed by atoms with van der Waals surface area (Å²) in [6.07, 6.45) is 1.22. The van der Waals surface area contributed by atoms with Crippen LogP contribution in [0.3, 0.4) is 0 Å². The molecule has 1 N–H and O–H groups in total. The maximum atomic E-state index is 13.9. The lowest BCUT2D eigenvalue weighted by molar-refractivity contribution is 0.113. The van der Waals surface area contributed by atoms with E-state index in [1.54, 1.807) is 0 Å². The molecule has 1 unspecified atom stereocenters. The molecule has 1 aromatic rings. The van der Waals surface area contributed by atoms with Crippen molar-refractivity contribution < 1.29 is 17.9 Å². The smallest absolute Gasteiger partial charge is 0.202 e. The Kier molecular flexibility index (Phi) is 5.38. The third kappa shape index (κ3) is 3.83. The summed E-state index contributed by atoms with van der Waals surface area (Å²) in [5, 5.41) is 2.70. The quantitative estimate of drug-likeness (QED) is 0.822. The summed E-state index contributed by atoms with van der Waals surface area (Å²) in [6, 6.07) is 0.430. The van der Waals surface area contributed by atoms with Crippen LogP contribution in [0.5, 0.6) is 5.75 Å². The van der Waals surface area contributed by atoms with E-state index in [-0.39, 0.29) is 12.0 Å². The van der Waals surface area contributed by atoms with Crippen molar-refractivity contribution in [1.82, 2.24) is 5.32 Å². The Morgan fingerprint density at radius 3 is 2.62 bits per heavy atom. The maximum absolute atomic E-state index is 13.9. The van der Waals surface area contributed by atoms with Gasteiger partial charge in [0.2, 0.25) is 5.82 Å². The molecule has 6 heteroatoms. The normalized spacial score (nSPS) is 20.0. The lowest BCUT2D eigenvalue weighted by Gasteiger charge is -2.26. The average Bonchev–Trinajstić information content (AvgIpc) is 2.93. The fourth-order valence-corrected chi connectivity index (χ4v) is 2.78. The van der Waals surface area contributed by atoms with Crippen molar-refractivity contribution in [2.75, 3.05) is 13.1 Å². The van der Waals surface area contributed by atoms with Crippen LogP contribution >= 0.6 is 11.6 Å². The Morgan fingerprint density at radius 2 is 2.05 bits per heavy atom. The number of hydrogen-bond donors (Lipinski definition) is 1. The zero-order valence-electron chi connectivity index (χ0n) is 12.1. The summed E-state index contributed by atoms with van der Waals surface area (Å²) in [5.74, 6) is -3.57. The highest BCUT2D eigenvalue weighted by Crippen LogP contribution is 2.35. The van der Waals surface area contributed by atoms with Crippen molar-refractivity contribution in [2.24, 2.45) is 11.8 Å². The first-order valence-electron chi connectivity index (χ1n) is 7.10. The van der Waals surface area contributed by atoms with Crippen LogP contribution in [0.2, 0.25) is 5.02 Å². The van der Waals surface area contributed by atoms with Gasteiger partial charge in [0.05, 0.1) is 0 Å². The molecule has 2 rings (SSSR count). The summed E-state index contributed by atoms with van der Waals surface area (Å²) >= 11 is 5.74. The van der Waals surface area contributed by atoms with Crippen LogP contribution in [0, 0.1) is 29.3 Å². The number of halogens is 4. The largest absolute Gasteiger partial charge is 0.485 e. The van der Waals surface area contributed by atoms with E-state index in [2.05, 4.69) is 5.32 Å². The highest BCUT2D eigenvalue weighted by Gasteiger charge is 2.30. The van der Waals surface area contributed by atoms with Gasteiger partial charge in [-0.05, 0) is 25.3 Å². The van der Waals surface area contributed by atoms with Crippen LogP contribution in [0.4, 0.5) is 13.2 Å². The number of benzene rings is 1. The molecule has 0 radical (unpaired) electrons. The first-order chi connectivity index (χ1) is 9.90. The molecule has 0 bridgehead atoms. The third-order valence-electron chi connectivity index (χ3n) is 3.67. The summed E-state index contributed by atoms with van der Waals surface area (Å²) in [4.78, 5) is 0. The monoisotopic (exact) mass is 321 g/mol. The average molecular weight is 322 g/mol. The van der Waals surface area contributed by atoms with E-state index < -0.39 is 28.2 Å². The van der Waals surface area contributed by atoms with E-state index in [0.717, 1.165) is 19.5 Å². The summed E-state index contributed by atoms with van der Waals surface area (Å²) in [7, 11) is 0. The van der Waals surface area contributed by atoms with Crippen LogP contribution in [0.25, 0.3) is 0 Å². The predicted molar refractivity (Wildman–Crippen MR) is 76.2 cm³/mol. The molecule has 118 valence electrons. The van der Waals surface area contributed by atoms with Gasteiger partial charge >= 0.3 is 0 Å². The molecule has 1 heterocycles. The van der Waals surface area contributed by atoms with E-state index in [0.29, 0.717) is 18.4 Å². The lowest BCUT2D eigenvalue weighted by atomic mass is 9.93. The van der Waals surface area contributed by atoms with Gasteiger partial charge in [0, 0.05) is 18.5 Å². The molecule has 0 aliphatic carbocycles. The van der Waals surface area contributed by atoms with Crippen LogP contribution in [-0.4, -0.2) is 19.2 Å². The molecule has 2 atom stereocenters. The van der Waals surface area contributed by atoms with E-state index in [4.69, 9.17) is 16.3 Å². The fourth-order valence-electron chi connectivity index (χ4n) is 2.60. The Bertz CT molecular complexity index is 478. The fraction of sp³-hybridized carbons (Fsp3) is 0.600. The topological polar surface area (TPSA) is 21.3 Å². The van der Waals surface area contributed by atoms with Crippen LogP contribution in [-0.2, 0) is 0 Å². The van der Waals surface area contributed by atoms with Gasteiger partial charge in [-0.1, -0.05) is 25.4 Å². The number of rotatable bonds is 5. The molecule has 0 saturated carbocycles. The second-order valence-electron chi connectivity index (χ2n) is 5.84. The highest BCUT2D eigenvalue weighted by atomic mass is 35.5. The first kappa shape index (κ1) is 16.4. The van der Waals surface area contributed by atoms with E-state index in [9.17, 15) is 13.2 Å². The molecular weight excluding hydrogens is 303 g/mol. The van der Waals surface area contributed by atoms with Crippen molar-refractivity contribution in [1.29, 1.82) is 0 Å². The SMILES string of the molecule is CC(C)C[C@H](Oc1c(F)c(F)cc(F)c1Cl)C1CCNC1. The second kappa shape index (κ2) is 6.88. The molecule has 1 aliphatic heterocycles. The predicted octanol–water partition coefficient (Wildman–Crippen LogP) is 4.16. The van der Waals surface area contributed by atoms with E-state index in [1.165, 1.54) is 0 Å². The molecule has 0 amide bonds. The van der Waals surface area contributed by atoms with Gasteiger partial charge in [-0.25, -0.2) is 8.78 Å². The molecule has 0 spiro atoms. The Hall–Kier alpha value is -0.940. The summed E-state index contributed by atoms with van der Waals surface area (Å²) in [6.45, 7) is 5.64. The van der Waals surface area contributed by atoms with Crippen molar-refractivity contribution in [3.63, 3.8) is 0 Å². The Labute approximate surface area is 127 Å². The van der Waals surface area contributed by atoms with Gasteiger partial charge < -0.3 is 10.1 Å². The maximum Gasteiger partial charge on any atom is 0.202 e. The number of nitrogens with one attached hydrogen (secondary N) is 1. The summed E-state index contributed by atoms with van der Waals surface area (Å²) < 4.78 is 46.3. The summed E-state index contributed by atoms with van der Waals surface area (Å²) in [5.41, 5.74) is 0. The third-order valence-corrected chi connectivity index (χ3v) is 4.02. The van der Waals surface area contributed by atoms with Crippen molar-refractivity contribution in [3.05, 3.63) is 28.5 Å². The van der Waals surface area contributed by atoms with E-state index >= 15 is 0 Å². The van der Waals surface area contributed by atoms with Gasteiger partial charge in [0.25, 0.3) is 0 Å². The van der Waals surface area contributed by atoms with Crippen LogP contribution < -0.4 is 10.1 Å². The Morgan fingerprint density at radius 1 is 1.33 bits per heavy atom. The van der Waals surface area contributed by atoms with Gasteiger partial charge in [0.1, 0.15) is 16.9 Å². The molecule has 21 heavy (non-hydrogen) atoms. The van der Waals surface area contributed by atoms with Crippen LogP contribution in [0.15, 0.2) is 6.07 Å². The number of ether oxygens (including phenoxy) is 1. The Balaban J connectivity index is 2.27. The van der Waals surface area contributed by atoms with Crippen molar-refractivity contribution in [3.8, 4) is 5.75 Å². The number of hydrogen-bond acceptors (Lipinski definition) is 2. The van der Waals surface area contributed by atoms with E-state index in [1.807, 2.05) is 13.8 Å². The standard InChI is InChI=1S/C15H19ClF3NO/c1-8(2)5-12(9-3-4-20-7-9)21-15-13(16)10(17)6-11(18)14(15)19/h6,8-9,12,20H,3-5,7H2,1-2H3/t9?,12-/m0/s1. The minimum absolute atomic E-state index is 0.175. The zero-order valence-corrected chi connectivity index (χ0v) is 12.8. The molecule has 0 aromatic heterocycles. The minimum Gasteiger partial charge on any atom is -0.485 e. The molecule has 1 aromatic carbocycles. The molecule has 1 saturated heterocycles. The molecular formula is C15H19ClF3NO. The second-order valence-corrected chi connectivity index (χ2v) is 6.21. The molecule has 1 fully saturated rings. The van der Waals surface area contributed by atoms with Crippen LogP contribution in [0.1, 0.15) is 26.7 Å². The first-order valence-corrected chi connectivity index (χ1v) is 7.48. The molecule has 2 nitrogen and oxygen atoms in total. The minimum atomic E-state index is -1.29. The zero-order chi connectivity index (χ0) is 15.6. The van der Waals surface area contributed by atoms with Crippen molar-refractivity contribution in [2.45, 2.75) is 32.8 Å². The van der Waals surface area contributed by atoms with Crippen molar-refractivity contribution >= 4 is 11.6 Å². The van der Waals surface area contributed by atoms with Gasteiger partial charge in [0.15, 0.2) is 11.6 Å². The highest BCUT2D eigenvalue weighted by molar-refractivity contribution is 6.32. The van der Waals surface area contributed by atoms with Gasteiger partial charge in [-0.2, -0.15) is 4.39 Å². The lowest BCUT2D eigenvalue weighted by Crippen LogP contribution is -2.30. The van der Waals surface area contributed by atoms with Gasteiger partial charge in [-0.15, -0.1) is 0 Å². The molecule has 1 aliphatic rings.